The van der Waals surface area contributed by atoms with Crippen LogP contribution in [-0.2, 0) is 14.3 Å². The van der Waals surface area contributed by atoms with Gasteiger partial charge in [-0.3, -0.25) is 14.4 Å². The fourth-order valence-corrected chi connectivity index (χ4v) is 3.42. The summed E-state index contributed by atoms with van der Waals surface area (Å²) >= 11 is 3.18. The molecule has 0 aromatic carbocycles. The molecule has 7 heteroatoms. The fraction of sp³-hybridized carbons (Fsp3) is 0.550. The highest BCUT2D eigenvalue weighted by Crippen LogP contribution is 2.21. The highest BCUT2D eigenvalue weighted by Gasteiger charge is 2.28. The molecule has 0 N–H and O–H groups in total. The number of hydrogen-bond acceptors (Lipinski definition) is 5. The van der Waals surface area contributed by atoms with E-state index in [1.165, 1.54) is 6.08 Å². The maximum Gasteiger partial charge on any atom is 0.305 e. The van der Waals surface area contributed by atoms with Crippen LogP contribution in [0.3, 0.4) is 0 Å². The Balaban J connectivity index is 1.73. The van der Waals surface area contributed by atoms with Crippen molar-refractivity contribution in [3.8, 4) is 0 Å². The summed E-state index contributed by atoms with van der Waals surface area (Å²) in [5.74, 6) is 0.0459. The van der Waals surface area contributed by atoms with Gasteiger partial charge in [-0.1, -0.05) is 18.9 Å². The molecule has 1 aliphatic rings. The zero-order chi connectivity index (χ0) is 19.6. The number of carbonyl (C=O) groups is 3. The molecule has 1 aromatic heterocycles. The summed E-state index contributed by atoms with van der Waals surface area (Å²) in [4.78, 5) is 37.3. The van der Waals surface area contributed by atoms with Crippen LogP contribution in [0, 0.1) is 0 Å². The Hall–Kier alpha value is -1.89. The van der Waals surface area contributed by atoms with E-state index in [1.807, 2.05) is 4.90 Å². The second kappa shape index (κ2) is 11.1. The van der Waals surface area contributed by atoms with Gasteiger partial charge in [0, 0.05) is 19.4 Å². The minimum Gasteiger partial charge on any atom is -0.466 e. The van der Waals surface area contributed by atoms with Crippen LogP contribution in [0.4, 0.5) is 0 Å². The number of furan rings is 1. The lowest BCUT2D eigenvalue weighted by atomic mass is 10.1. The Morgan fingerprint density at radius 2 is 2.07 bits per heavy atom. The molecule has 0 saturated carbocycles. The Bertz CT molecular complexity index is 682. The number of allylic oxidation sites excluding steroid dienone is 1. The van der Waals surface area contributed by atoms with Crippen molar-refractivity contribution >= 4 is 33.6 Å². The first-order valence-electron chi connectivity index (χ1n) is 9.44. The molecule has 2 heterocycles. The normalized spacial score (nSPS) is 17.0. The number of ketones is 1. The monoisotopic (exact) mass is 439 g/mol. The van der Waals surface area contributed by atoms with Crippen molar-refractivity contribution in [3.63, 3.8) is 0 Å². The highest BCUT2D eigenvalue weighted by atomic mass is 79.9. The van der Waals surface area contributed by atoms with Crippen molar-refractivity contribution in [2.24, 2.45) is 0 Å². The minimum absolute atomic E-state index is 0.0422. The van der Waals surface area contributed by atoms with Gasteiger partial charge in [0.15, 0.2) is 10.4 Å². The molecule has 2 rings (SSSR count). The first kappa shape index (κ1) is 21.4. The summed E-state index contributed by atoms with van der Waals surface area (Å²) in [6, 6.07) is 3.25. The molecule has 27 heavy (non-hydrogen) atoms. The van der Waals surface area contributed by atoms with Crippen molar-refractivity contribution in [2.75, 3.05) is 13.2 Å². The van der Waals surface area contributed by atoms with Crippen LogP contribution >= 0.6 is 15.9 Å². The number of esters is 1. The van der Waals surface area contributed by atoms with E-state index in [-0.39, 0.29) is 29.5 Å². The molecule has 0 radical (unpaired) electrons. The summed E-state index contributed by atoms with van der Waals surface area (Å²) in [5, 5.41) is 0. The summed E-state index contributed by atoms with van der Waals surface area (Å²) in [5.41, 5.74) is 0. The van der Waals surface area contributed by atoms with Crippen LogP contribution in [0.25, 0.3) is 0 Å². The quantitative estimate of drug-likeness (QED) is 0.222. The standard InChI is InChI=1S/C20H26BrNO5/c1-2-26-20(25)7-5-3-4-6-14-22-15(9-13-19(22)24)8-10-16(23)17-11-12-18(21)27-17/h8,10-12,15H,2-7,9,13-14H2,1H3. The van der Waals surface area contributed by atoms with E-state index in [0.29, 0.717) is 30.7 Å². The van der Waals surface area contributed by atoms with Crippen molar-refractivity contribution < 1.29 is 23.5 Å². The average molecular weight is 440 g/mol. The summed E-state index contributed by atoms with van der Waals surface area (Å²) < 4.78 is 10.7. The number of ether oxygens (including phenoxy) is 1. The van der Waals surface area contributed by atoms with Gasteiger partial charge < -0.3 is 14.1 Å². The van der Waals surface area contributed by atoms with Gasteiger partial charge >= 0.3 is 5.97 Å². The number of rotatable bonds is 11. The highest BCUT2D eigenvalue weighted by molar-refractivity contribution is 9.10. The van der Waals surface area contributed by atoms with Crippen LogP contribution in [0.5, 0.6) is 0 Å². The van der Waals surface area contributed by atoms with Gasteiger partial charge in [-0.2, -0.15) is 0 Å². The van der Waals surface area contributed by atoms with Crippen molar-refractivity contribution in [1.82, 2.24) is 4.90 Å². The third kappa shape index (κ3) is 6.97. The Kier molecular flexibility index (Phi) is 8.78. The van der Waals surface area contributed by atoms with Crippen molar-refractivity contribution in [3.05, 3.63) is 34.7 Å². The average Bonchev–Trinajstić information content (AvgIpc) is 3.22. The smallest absolute Gasteiger partial charge is 0.305 e. The molecule has 1 fully saturated rings. The molecule has 0 spiro atoms. The number of likely N-dealkylation sites (tertiary alicyclic amines) is 1. The maximum absolute atomic E-state index is 12.1. The van der Waals surface area contributed by atoms with E-state index in [0.717, 1.165) is 32.1 Å². The largest absolute Gasteiger partial charge is 0.466 e. The summed E-state index contributed by atoms with van der Waals surface area (Å²) in [6.45, 7) is 2.90. The molecule has 148 valence electrons. The molecule has 1 saturated heterocycles. The van der Waals surface area contributed by atoms with Gasteiger partial charge in [0.25, 0.3) is 0 Å². The van der Waals surface area contributed by atoms with Gasteiger partial charge in [0.1, 0.15) is 0 Å². The van der Waals surface area contributed by atoms with Gasteiger partial charge in [-0.05, 0) is 60.3 Å². The SMILES string of the molecule is CCOC(=O)CCCCCCN1C(=O)CCC1C=CC(=O)c1ccc(Br)o1. The molecule has 0 aliphatic carbocycles. The first-order chi connectivity index (χ1) is 13.0. The van der Waals surface area contributed by atoms with Gasteiger partial charge in [0.2, 0.25) is 11.7 Å². The van der Waals surface area contributed by atoms with Gasteiger partial charge in [0.05, 0.1) is 12.6 Å². The van der Waals surface area contributed by atoms with Crippen LogP contribution in [0.1, 0.15) is 62.4 Å². The van der Waals surface area contributed by atoms with E-state index in [9.17, 15) is 14.4 Å². The van der Waals surface area contributed by atoms with E-state index >= 15 is 0 Å². The number of hydrogen-bond donors (Lipinski definition) is 0. The Labute approximate surface area is 168 Å². The Morgan fingerprint density at radius 1 is 1.30 bits per heavy atom. The molecule has 1 aromatic rings. The number of amides is 1. The fourth-order valence-electron chi connectivity index (χ4n) is 3.11. The van der Waals surface area contributed by atoms with E-state index in [2.05, 4.69) is 15.9 Å². The number of carbonyl (C=O) groups excluding carboxylic acids is 3. The van der Waals surface area contributed by atoms with Crippen molar-refractivity contribution in [1.29, 1.82) is 0 Å². The number of nitrogens with zero attached hydrogens (tertiary/aromatic N) is 1. The van der Waals surface area contributed by atoms with E-state index < -0.39 is 0 Å². The maximum atomic E-state index is 12.1. The number of halogens is 1. The molecular formula is C20H26BrNO5. The topological polar surface area (TPSA) is 76.8 Å². The predicted octanol–water partition coefficient (Wildman–Crippen LogP) is 4.29. The van der Waals surface area contributed by atoms with E-state index in [4.69, 9.17) is 9.15 Å². The third-order valence-corrected chi connectivity index (χ3v) is 4.92. The molecule has 1 amide bonds. The zero-order valence-corrected chi connectivity index (χ0v) is 17.2. The summed E-state index contributed by atoms with van der Waals surface area (Å²) in [7, 11) is 0. The Morgan fingerprint density at radius 3 is 2.78 bits per heavy atom. The second-order valence-corrected chi connectivity index (χ2v) is 7.27. The lowest BCUT2D eigenvalue weighted by Gasteiger charge is -2.22. The van der Waals surface area contributed by atoms with Crippen LogP contribution in [-0.4, -0.2) is 41.8 Å². The summed E-state index contributed by atoms with van der Waals surface area (Å²) in [6.07, 6.45) is 8.57. The molecular weight excluding hydrogens is 414 g/mol. The lowest BCUT2D eigenvalue weighted by molar-refractivity contribution is -0.143. The van der Waals surface area contributed by atoms with E-state index in [1.54, 1.807) is 25.1 Å². The van der Waals surface area contributed by atoms with Gasteiger partial charge in [-0.15, -0.1) is 0 Å². The van der Waals surface area contributed by atoms with Crippen LogP contribution in [0.2, 0.25) is 0 Å². The predicted molar refractivity (Wildman–Crippen MR) is 104 cm³/mol. The number of unbranched alkanes of at least 4 members (excludes halogenated alkanes) is 3. The first-order valence-corrected chi connectivity index (χ1v) is 10.2. The van der Waals surface area contributed by atoms with Gasteiger partial charge in [-0.25, -0.2) is 0 Å². The molecule has 1 atom stereocenters. The molecule has 1 aliphatic heterocycles. The second-order valence-electron chi connectivity index (χ2n) is 6.49. The molecule has 0 bridgehead atoms. The van der Waals surface area contributed by atoms with Crippen molar-refractivity contribution in [2.45, 2.75) is 57.9 Å². The van der Waals surface area contributed by atoms with Crippen LogP contribution < -0.4 is 0 Å². The molecule has 1 unspecified atom stereocenters. The zero-order valence-electron chi connectivity index (χ0n) is 15.6. The third-order valence-electron chi connectivity index (χ3n) is 4.50. The molecule has 6 nitrogen and oxygen atoms in total. The van der Waals surface area contributed by atoms with Crippen LogP contribution in [0.15, 0.2) is 33.4 Å². The lowest BCUT2D eigenvalue weighted by Crippen LogP contribution is -2.32. The minimum atomic E-state index is -0.209.